The molecule has 0 radical (unpaired) electrons. The maximum absolute atomic E-state index is 12.1. The normalized spacial score (nSPS) is 20.6. The SMILES string of the molecule is Cl.O=C(Nc1ccc(NC(=O)[C@@H]2CCCNC2)cc1)C1CC1. The van der Waals surface area contributed by atoms with Gasteiger partial charge in [-0.2, -0.15) is 0 Å². The van der Waals surface area contributed by atoms with Crippen molar-refractivity contribution in [3.8, 4) is 0 Å². The van der Waals surface area contributed by atoms with Crippen molar-refractivity contribution in [2.45, 2.75) is 25.7 Å². The summed E-state index contributed by atoms with van der Waals surface area (Å²) in [4.78, 5) is 23.8. The van der Waals surface area contributed by atoms with E-state index < -0.39 is 0 Å². The minimum Gasteiger partial charge on any atom is -0.326 e. The molecule has 1 saturated carbocycles. The Morgan fingerprint density at radius 1 is 0.909 bits per heavy atom. The Kier molecular flexibility index (Phi) is 5.80. The zero-order chi connectivity index (χ0) is 14.7. The minimum absolute atomic E-state index is 0. The van der Waals surface area contributed by atoms with Gasteiger partial charge in [0.1, 0.15) is 0 Å². The van der Waals surface area contributed by atoms with E-state index in [0.29, 0.717) is 0 Å². The van der Waals surface area contributed by atoms with Gasteiger partial charge in [0.15, 0.2) is 0 Å². The molecule has 2 amide bonds. The fourth-order valence-electron chi connectivity index (χ4n) is 2.55. The third-order valence-corrected chi connectivity index (χ3v) is 4.04. The van der Waals surface area contributed by atoms with Gasteiger partial charge in [0.05, 0.1) is 5.92 Å². The lowest BCUT2D eigenvalue weighted by molar-refractivity contribution is -0.120. The van der Waals surface area contributed by atoms with Gasteiger partial charge < -0.3 is 16.0 Å². The minimum atomic E-state index is 0. The van der Waals surface area contributed by atoms with Crippen molar-refractivity contribution in [1.82, 2.24) is 5.32 Å². The molecule has 3 rings (SSSR count). The van der Waals surface area contributed by atoms with E-state index in [9.17, 15) is 9.59 Å². The van der Waals surface area contributed by atoms with Crippen molar-refractivity contribution in [2.75, 3.05) is 23.7 Å². The first kappa shape index (κ1) is 16.8. The molecule has 2 fully saturated rings. The van der Waals surface area contributed by atoms with Crippen LogP contribution in [0.3, 0.4) is 0 Å². The van der Waals surface area contributed by atoms with Gasteiger partial charge in [0.25, 0.3) is 0 Å². The molecule has 120 valence electrons. The first-order valence-electron chi connectivity index (χ1n) is 7.65. The Balaban J connectivity index is 0.00000176. The Bertz CT molecular complexity index is 523. The lowest BCUT2D eigenvalue weighted by Gasteiger charge is -2.21. The number of carbonyl (C=O) groups excluding carboxylic acids is 2. The van der Waals surface area contributed by atoms with Crippen LogP contribution in [0, 0.1) is 11.8 Å². The lowest BCUT2D eigenvalue weighted by atomic mass is 9.99. The topological polar surface area (TPSA) is 70.2 Å². The molecular formula is C16H22ClN3O2. The number of hydrogen-bond acceptors (Lipinski definition) is 3. The van der Waals surface area contributed by atoms with E-state index in [-0.39, 0.29) is 36.1 Å². The Morgan fingerprint density at radius 3 is 1.91 bits per heavy atom. The highest BCUT2D eigenvalue weighted by molar-refractivity contribution is 5.95. The van der Waals surface area contributed by atoms with Crippen molar-refractivity contribution in [1.29, 1.82) is 0 Å². The standard InChI is InChI=1S/C16H21N3O2.ClH/c20-15(11-3-4-11)18-13-5-7-14(8-6-13)19-16(21)12-2-1-9-17-10-12;/h5-8,11-12,17H,1-4,9-10H2,(H,18,20)(H,19,21);1H/t12-;/m1./s1. The van der Waals surface area contributed by atoms with Crippen LogP contribution < -0.4 is 16.0 Å². The van der Waals surface area contributed by atoms with Gasteiger partial charge in [-0.3, -0.25) is 9.59 Å². The van der Waals surface area contributed by atoms with E-state index in [4.69, 9.17) is 0 Å². The van der Waals surface area contributed by atoms with Crippen molar-refractivity contribution >= 4 is 35.6 Å². The summed E-state index contributed by atoms with van der Waals surface area (Å²) in [7, 11) is 0. The molecule has 1 aliphatic heterocycles. The van der Waals surface area contributed by atoms with Crippen LogP contribution in [-0.4, -0.2) is 24.9 Å². The highest BCUT2D eigenvalue weighted by atomic mass is 35.5. The Morgan fingerprint density at radius 2 is 1.45 bits per heavy atom. The zero-order valence-corrected chi connectivity index (χ0v) is 13.2. The molecule has 1 aliphatic carbocycles. The molecule has 0 unspecified atom stereocenters. The van der Waals surface area contributed by atoms with Crippen LogP contribution >= 0.6 is 12.4 Å². The number of rotatable bonds is 4. The Labute approximate surface area is 136 Å². The number of piperidine rings is 1. The van der Waals surface area contributed by atoms with Gasteiger partial charge in [-0.05, 0) is 56.5 Å². The molecular weight excluding hydrogens is 302 g/mol. The second kappa shape index (κ2) is 7.61. The van der Waals surface area contributed by atoms with Crippen LogP contribution in [-0.2, 0) is 9.59 Å². The van der Waals surface area contributed by atoms with Crippen LogP contribution in [0.1, 0.15) is 25.7 Å². The number of carbonyl (C=O) groups is 2. The highest BCUT2D eigenvalue weighted by Gasteiger charge is 2.29. The quantitative estimate of drug-likeness (QED) is 0.797. The number of amides is 2. The van der Waals surface area contributed by atoms with Gasteiger partial charge in [-0.25, -0.2) is 0 Å². The fraction of sp³-hybridized carbons (Fsp3) is 0.500. The first-order valence-corrected chi connectivity index (χ1v) is 7.65. The average Bonchev–Trinajstić information content (AvgIpc) is 3.35. The van der Waals surface area contributed by atoms with Crippen LogP contribution in [0.5, 0.6) is 0 Å². The summed E-state index contributed by atoms with van der Waals surface area (Å²) in [6.45, 7) is 1.75. The fourth-order valence-corrected chi connectivity index (χ4v) is 2.55. The van der Waals surface area contributed by atoms with Crippen LogP contribution in [0.15, 0.2) is 24.3 Å². The predicted octanol–water partition coefficient (Wildman–Crippen LogP) is 2.40. The number of halogens is 1. The molecule has 2 aliphatic rings. The molecule has 3 N–H and O–H groups in total. The first-order chi connectivity index (χ1) is 10.2. The van der Waals surface area contributed by atoms with Crippen LogP contribution in [0.25, 0.3) is 0 Å². The maximum atomic E-state index is 12.1. The second-order valence-corrected chi connectivity index (χ2v) is 5.87. The third kappa shape index (κ3) is 4.45. The molecule has 1 heterocycles. The molecule has 0 spiro atoms. The monoisotopic (exact) mass is 323 g/mol. The van der Waals surface area contributed by atoms with Crippen LogP contribution in [0.4, 0.5) is 11.4 Å². The van der Waals surface area contributed by atoms with Crippen molar-refractivity contribution in [2.24, 2.45) is 11.8 Å². The van der Waals surface area contributed by atoms with E-state index in [0.717, 1.165) is 50.1 Å². The van der Waals surface area contributed by atoms with E-state index in [1.165, 1.54) is 0 Å². The van der Waals surface area contributed by atoms with Crippen molar-refractivity contribution in [3.63, 3.8) is 0 Å². The molecule has 6 heteroatoms. The van der Waals surface area contributed by atoms with E-state index >= 15 is 0 Å². The molecule has 1 atom stereocenters. The molecule has 0 aromatic heterocycles. The number of nitrogens with one attached hydrogen (secondary N) is 3. The molecule has 1 aromatic rings. The number of hydrogen-bond donors (Lipinski definition) is 3. The third-order valence-electron chi connectivity index (χ3n) is 4.04. The number of benzene rings is 1. The molecule has 5 nitrogen and oxygen atoms in total. The summed E-state index contributed by atoms with van der Waals surface area (Å²) in [6, 6.07) is 7.32. The summed E-state index contributed by atoms with van der Waals surface area (Å²) in [5, 5.41) is 9.06. The summed E-state index contributed by atoms with van der Waals surface area (Å²) in [5.41, 5.74) is 1.55. The van der Waals surface area contributed by atoms with Gasteiger partial charge in [0.2, 0.25) is 11.8 Å². The number of anilines is 2. The summed E-state index contributed by atoms with van der Waals surface area (Å²) in [6.07, 6.45) is 3.98. The van der Waals surface area contributed by atoms with Gasteiger partial charge in [-0.1, -0.05) is 0 Å². The van der Waals surface area contributed by atoms with Crippen LogP contribution in [0.2, 0.25) is 0 Å². The van der Waals surface area contributed by atoms with Gasteiger partial charge >= 0.3 is 0 Å². The smallest absolute Gasteiger partial charge is 0.228 e. The maximum Gasteiger partial charge on any atom is 0.228 e. The van der Waals surface area contributed by atoms with Crippen molar-refractivity contribution < 1.29 is 9.59 Å². The van der Waals surface area contributed by atoms with Gasteiger partial charge in [0, 0.05) is 23.8 Å². The zero-order valence-electron chi connectivity index (χ0n) is 12.4. The molecule has 1 saturated heterocycles. The molecule has 22 heavy (non-hydrogen) atoms. The van der Waals surface area contributed by atoms with E-state index in [2.05, 4.69) is 16.0 Å². The largest absolute Gasteiger partial charge is 0.326 e. The molecule has 1 aromatic carbocycles. The average molecular weight is 324 g/mol. The van der Waals surface area contributed by atoms with E-state index in [1.807, 2.05) is 24.3 Å². The predicted molar refractivity (Wildman–Crippen MR) is 89.3 cm³/mol. The Hall–Kier alpha value is -1.59. The summed E-state index contributed by atoms with van der Waals surface area (Å²) >= 11 is 0. The highest BCUT2D eigenvalue weighted by Crippen LogP contribution is 2.30. The van der Waals surface area contributed by atoms with Gasteiger partial charge in [-0.15, -0.1) is 12.4 Å². The second-order valence-electron chi connectivity index (χ2n) is 5.87. The van der Waals surface area contributed by atoms with Crippen molar-refractivity contribution in [3.05, 3.63) is 24.3 Å². The van der Waals surface area contributed by atoms with E-state index in [1.54, 1.807) is 0 Å². The summed E-state index contributed by atoms with van der Waals surface area (Å²) < 4.78 is 0. The summed E-state index contributed by atoms with van der Waals surface area (Å²) in [5.74, 6) is 0.410. The molecule has 0 bridgehead atoms. The lowest BCUT2D eigenvalue weighted by Crippen LogP contribution is -2.37.